The zero-order chi connectivity index (χ0) is 13.2. The minimum absolute atomic E-state index is 0.00586. The second-order valence-electron chi connectivity index (χ2n) is 4.64. The van der Waals surface area contributed by atoms with Gasteiger partial charge in [-0.1, -0.05) is 25.4 Å². The SMILES string of the molecule is COc1cc(C(C)(C)CO)c(OC)c(Cl)c1C. The normalized spacial score (nSPS) is 11.5. The van der Waals surface area contributed by atoms with E-state index >= 15 is 0 Å². The molecule has 0 radical (unpaired) electrons. The van der Waals surface area contributed by atoms with Crippen molar-refractivity contribution < 1.29 is 14.6 Å². The summed E-state index contributed by atoms with van der Waals surface area (Å²) in [5.41, 5.74) is 1.24. The van der Waals surface area contributed by atoms with Gasteiger partial charge in [0.25, 0.3) is 0 Å². The van der Waals surface area contributed by atoms with Gasteiger partial charge in [0.05, 0.1) is 25.8 Å². The van der Waals surface area contributed by atoms with Crippen molar-refractivity contribution in [3.63, 3.8) is 0 Å². The maximum atomic E-state index is 9.45. The number of aliphatic hydroxyl groups excluding tert-OH is 1. The highest BCUT2D eigenvalue weighted by atomic mass is 35.5. The molecule has 0 saturated heterocycles. The van der Waals surface area contributed by atoms with E-state index in [0.29, 0.717) is 16.5 Å². The standard InChI is InChI=1S/C13H19ClO3/c1-8-10(16-4)6-9(13(2,3)7-15)12(17-5)11(8)14/h6,15H,7H2,1-5H3. The Morgan fingerprint density at radius 2 is 1.88 bits per heavy atom. The number of halogens is 1. The first-order chi connectivity index (χ1) is 7.88. The quantitative estimate of drug-likeness (QED) is 0.903. The monoisotopic (exact) mass is 258 g/mol. The molecule has 0 bridgehead atoms. The lowest BCUT2D eigenvalue weighted by atomic mass is 9.84. The third-order valence-corrected chi connectivity index (χ3v) is 3.42. The van der Waals surface area contributed by atoms with E-state index in [1.165, 1.54) is 0 Å². The van der Waals surface area contributed by atoms with E-state index in [0.717, 1.165) is 11.1 Å². The van der Waals surface area contributed by atoms with Crippen LogP contribution in [0.3, 0.4) is 0 Å². The average molecular weight is 259 g/mol. The second kappa shape index (κ2) is 5.15. The number of hydrogen-bond donors (Lipinski definition) is 1. The number of aliphatic hydroxyl groups is 1. The Bertz CT molecular complexity index is 414. The van der Waals surface area contributed by atoms with Crippen molar-refractivity contribution in [1.29, 1.82) is 0 Å². The first kappa shape index (κ1) is 14.1. The molecule has 1 aromatic rings. The molecular weight excluding hydrogens is 240 g/mol. The fourth-order valence-corrected chi connectivity index (χ4v) is 1.97. The zero-order valence-electron chi connectivity index (χ0n) is 10.9. The van der Waals surface area contributed by atoms with Crippen LogP contribution in [0.5, 0.6) is 11.5 Å². The number of hydrogen-bond acceptors (Lipinski definition) is 3. The van der Waals surface area contributed by atoms with Crippen LogP contribution in [-0.4, -0.2) is 25.9 Å². The Hall–Kier alpha value is -0.930. The number of methoxy groups -OCH3 is 2. The van der Waals surface area contributed by atoms with E-state index in [2.05, 4.69) is 0 Å². The summed E-state index contributed by atoms with van der Waals surface area (Å²) >= 11 is 6.26. The molecule has 0 amide bonds. The molecule has 1 N–H and O–H groups in total. The highest BCUT2D eigenvalue weighted by Crippen LogP contribution is 2.42. The molecule has 0 aromatic heterocycles. The van der Waals surface area contributed by atoms with Crippen LogP contribution < -0.4 is 9.47 Å². The van der Waals surface area contributed by atoms with Crippen LogP contribution >= 0.6 is 11.6 Å². The van der Waals surface area contributed by atoms with E-state index in [9.17, 15) is 5.11 Å². The Morgan fingerprint density at radius 1 is 1.29 bits per heavy atom. The molecule has 0 fully saturated rings. The minimum Gasteiger partial charge on any atom is -0.496 e. The fraction of sp³-hybridized carbons (Fsp3) is 0.538. The molecule has 17 heavy (non-hydrogen) atoms. The Balaban J connectivity index is 3.53. The number of ether oxygens (including phenoxy) is 2. The van der Waals surface area contributed by atoms with Crippen LogP contribution in [0, 0.1) is 6.92 Å². The van der Waals surface area contributed by atoms with Crippen LogP contribution in [0.1, 0.15) is 25.0 Å². The van der Waals surface area contributed by atoms with E-state index in [4.69, 9.17) is 21.1 Å². The lowest BCUT2D eigenvalue weighted by Crippen LogP contribution is -2.23. The van der Waals surface area contributed by atoms with Gasteiger partial charge < -0.3 is 14.6 Å². The van der Waals surface area contributed by atoms with Crippen LogP contribution in [0.2, 0.25) is 5.02 Å². The van der Waals surface area contributed by atoms with E-state index in [1.807, 2.05) is 26.8 Å². The number of rotatable bonds is 4. The van der Waals surface area contributed by atoms with Crippen molar-refractivity contribution >= 4 is 11.6 Å². The molecule has 3 nitrogen and oxygen atoms in total. The molecule has 0 aliphatic carbocycles. The molecule has 4 heteroatoms. The van der Waals surface area contributed by atoms with Gasteiger partial charge in [-0.15, -0.1) is 0 Å². The molecule has 0 unspecified atom stereocenters. The highest BCUT2D eigenvalue weighted by molar-refractivity contribution is 6.33. The maximum absolute atomic E-state index is 9.45. The molecule has 1 aromatic carbocycles. The van der Waals surface area contributed by atoms with Crippen molar-refractivity contribution in [2.75, 3.05) is 20.8 Å². The smallest absolute Gasteiger partial charge is 0.141 e. The van der Waals surface area contributed by atoms with E-state index in [1.54, 1.807) is 14.2 Å². The van der Waals surface area contributed by atoms with Gasteiger partial charge in [0.2, 0.25) is 0 Å². The summed E-state index contributed by atoms with van der Waals surface area (Å²) in [6, 6.07) is 1.87. The summed E-state index contributed by atoms with van der Waals surface area (Å²) in [5.74, 6) is 1.30. The topological polar surface area (TPSA) is 38.7 Å². The molecule has 0 spiro atoms. The first-order valence-electron chi connectivity index (χ1n) is 5.41. The summed E-state index contributed by atoms with van der Waals surface area (Å²) in [4.78, 5) is 0. The van der Waals surface area contributed by atoms with Crippen LogP contribution in [0.4, 0.5) is 0 Å². The summed E-state index contributed by atoms with van der Waals surface area (Å²) in [5, 5.41) is 9.98. The molecule has 0 saturated carbocycles. The molecule has 96 valence electrons. The van der Waals surface area contributed by atoms with Crippen molar-refractivity contribution in [2.45, 2.75) is 26.2 Å². The zero-order valence-corrected chi connectivity index (χ0v) is 11.7. The first-order valence-corrected chi connectivity index (χ1v) is 5.79. The van der Waals surface area contributed by atoms with Gasteiger partial charge in [-0.3, -0.25) is 0 Å². The third kappa shape index (κ3) is 2.50. The van der Waals surface area contributed by atoms with Crippen molar-refractivity contribution in [3.05, 3.63) is 22.2 Å². The van der Waals surface area contributed by atoms with E-state index < -0.39 is 5.41 Å². The lowest BCUT2D eigenvalue weighted by Gasteiger charge is -2.26. The summed E-state index contributed by atoms with van der Waals surface area (Å²) in [6.45, 7) is 5.73. The largest absolute Gasteiger partial charge is 0.496 e. The highest BCUT2D eigenvalue weighted by Gasteiger charge is 2.27. The van der Waals surface area contributed by atoms with Crippen molar-refractivity contribution in [3.8, 4) is 11.5 Å². The third-order valence-electron chi connectivity index (χ3n) is 2.97. The Labute approximate surface area is 107 Å². The number of benzene rings is 1. The van der Waals surface area contributed by atoms with Crippen LogP contribution in [-0.2, 0) is 5.41 Å². The van der Waals surface area contributed by atoms with E-state index in [-0.39, 0.29) is 6.61 Å². The Kier molecular flexibility index (Phi) is 4.28. The summed E-state index contributed by atoms with van der Waals surface area (Å²) < 4.78 is 10.6. The predicted octanol–water partition coefficient (Wildman–Crippen LogP) is 2.94. The van der Waals surface area contributed by atoms with Crippen LogP contribution in [0.25, 0.3) is 0 Å². The molecule has 1 rings (SSSR count). The molecular formula is C13H19ClO3. The maximum Gasteiger partial charge on any atom is 0.141 e. The van der Waals surface area contributed by atoms with Crippen molar-refractivity contribution in [2.24, 2.45) is 0 Å². The van der Waals surface area contributed by atoms with Gasteiger partial charge >= 0.3 is 0 Å². The van der Waals surface area contributed by atoms with Gasteiger partial charge in [-0.25, -0.2) is 0 Å². The summed E-state index contributed by atoms with van der Waals surface area (Å²) in [7, 11) is 3.17. The van der Waals surface area contributed by atoms with Gasteiger partial charge in [-0.2, -0.15) is 0 Å². The molecule has 0 atom stereocenters. The Morgan fingerprint density at radius 3 is 2.29 bits per heavy atom. The predicted molar refractivity (Wildman–Crippen MR) is 69.4 cm³/mol. The van der Waals surface area contributed by atoms with Crippen molar-refractivity contribution in [1.82, 2.24) is 0 Å². The molecule has 0 heterocycles. The average Bonchev–Trinajstić information content (AvgIpc) is 2.32. The van der Waals surface area contributed by atoms with Gasteiger partial charge in [-0.05, 0) is 13.0 Å². The molecule has 0 aliphatic heterocycles. The molecule has 0 aliphatic rings. The van der Waals surface area contributed by atoms with Gasteiger partial charge in [0, 0.05) is 16.5 Å². The summed E-state index contributed by atoms with van der Waals surface area (Å²) in [6.07, 6.45) is 0. The minimum atomic E-state index is -0.435. The second-order valence-corrected chi connectivity index (χ2v) is 5.02. The van der Waals surface area contributed by atoms with Gasteiger partial charge in [0.15, 0.2) is 0 Å². The lowest BCUT2D eigenvalue weighted by molar-refractivity contribution is 0.214. The fourth-order valence-electron chi connectivity index (χ4n) is 1.70. The van der Waals surface area contributed by atoms with Gasteiger partial charge in [0.1, 0.15) is 11.5 Å². The van der Waals surface area contributed by atoms with Crippen LogP contribution in [0.15, 0.2) is 6.07 Å².